The molecule has 10 heteroatoms. The molecular formula is C13H13ClF3NO4S. The molecule has 5 nitrogen and oxygen atoms in total. The number of hydrogen-bond acceptors (Lipinski definition) is 3. The van der Waals surface area contributed by atoms with E-state index in [0.717, 1.165) is 6.07 Å². The minimum atomic E-state index is -4.79. The second kappa shape index (κ2) is 5.95. The summed E-state index contributed by atoms with van der Waals surface area (Å²) in [6.07, 6.45) is -4.79. The summed E-state index contributed by atoms with van der Waals surface area (Å²) in [5.41, 5.74) is 0.316. The third-order valence-corrected chi connectivity index (χ3v) is 6.00. The SMILES string of the molecule is Cc1ccc(Cl)cc1S(=O)(=O)N1C[C@@H](C(F)(F)F)[C@H](C(=O)O)C1. The molecule has 1 aliphatic heterocycles. The van der Waals surface area contributed by atoms with E-state index in [9.17, 15) is 26.4 Å². The van der Waals surface area contributed by atoms with Crippen LogP contribution in [-0.4, -0.2) is 43.1 Å². The summed E-state index contributed by atoms with van der Waals surface area (Å²) in [5.74, 6) is -5.74. The topological polar surface area (TPSA) is 74.7 Å². The molecule has 0 radical (unpaired) electrons. The second-order valence-corrected chi connectivity index (χ2v) is 7.67. The average Bonchev–Trinajstić information content (AvgIpc) is 2.87. The van der Waals surface area contributed by atoms with Crippen molar-refractivity contribution in [1.82, 2.24) is 4.31 Å². The van der Waals surface area contributed by atoms with E-state index in [4.69, 9.17) is 16.7 Å². The fourth-order valence-corrected chi connectivity index (χ4v) is 4.52. The van der Waals surface area contributed by atoms with Gasteiger partial charge in [-0.1, -0.05) is 17.7 Å². The molecule has 1 fully saturated rings. The first-order valence-corrected chi connectivity index (χ1v) is 8.32. The number of carboxylic acid groups (broad SMARTS) is 1. The lowest BCUT2D eigenvalue weighted by molar-refractivity contribution is -0.187. The first-order chi connectivity index (χ1) is 10.4. The summed E-state index contributed by atoms with van der Waals surface area (Å²) in [5, 5.41) is 9.08. The van der Waals surface area contributed by atoms with Gasteiger partial charge >= 0.3 is 12.1 Å². The van der Waals surface area contributed by atoms with Gasteiger partial charge in [-0.3, -0.25) is 4.79 Å². The standard InChI is InChI=1S/C13H13ClF3NO4S/c1-7-2-3-8(14)4-11(7)23(21,22)18-5-9(12(19)20)10(6-18)13(15,16)17/h2-4,9-10H,5-6H2,1H3,(H,19,20)/t9-,10-/m1/s1. The number of sulfonamides is 1. The molecule has 0 unspecified atom stereocenters. The minimum absolute atomic E-state index is 0.121. The molecule has 1 N–H and O–H groups in total. The normalized spacial score (nSPS) is 23.2. The van der Waals surface area contributed by atoms with E-state index in [0.29, 0.717) is 9.87 Å². The van der Waals surface area contributed by atoms with Crippen molar-refractivity contribution in [2.75, 3.05) is 13.1 Å². The molecule has 2 atom stereocenters. The molecule has 1 heterocycles. The van der Waals surface area contributed by atoms with E-state index in [1.54, 1.807) is 0 Å². The first kappa shape index (κ1) is 18.0. The summed E-state index contributed by atoms with van der Waals surface area (Å²) in [6.45, 7) is -0.169. The van der Waals surface area contributed by atoms with Crippen LogP contribution in [0.15, 0.2) is 23.1 Å². The van der Waals surface area contributed by atoms with E-state index < -0.39 is 47.1 Å². The van der Waals surface area contributed by atoms with Crippen molar-refractivity contribution in [3.63, 3.8) is 0 Å². The van der Waals surface area contributed by atoms with Gasteiger partial charge in [0.25, 0.3) is 0 Å². The largest absolute Gasteiger partial charge is 0.481 e. The zero-order valence-corrected chi connectivity index (χ0v) is 13.4. The van der Waals surface area contributed by atoms with Crippen molar-refractivity contribution >= 4 is 27.6 Å². The number of carboxylic acids is 1. The number of nitrogens with zero attached hydrogens (tertiary/aromatic N) is 1. The van der Waals surface area contributed by atoms with Gasteiger partial charge in [0.2, 0.25) is 10.0 Å². The number of rotatable bonds is 3. The third-order valence-electron chi connectivity index (χ3n) is 3.79. The van der Waals surface area contributed by atoms with Crippen LogP contribution in [0, 0.1) is 18.8 Å². The molecular weight excluding hydrogens is 359 g/mol. The Kier molecular flexibility index (Phi) is 4.67. The van der Waals surface area contributed by atoms with Gasteiger partial charge in [-0.15, -0.1) is 0 Å². The molecule has 2 rings (SSSR count). The Labute approximate surface area is 135 Å². The summed E-state index contributed by atoms with van der Waals surface area (Å²) in [6, 6.07) is 4.03. The molecule has 1 aromatic carbocycles. The highest BCUT2D eigenvalue weighted by Gasteiger charge is 2.55. The van der Waals surface area contributed by atoms with Crippen LogP contribution >= 0.6 is 11.6 Å². The molecule has 0 saturated carbocycles. The maximum Gasteiger partial charge on any atom is 0.393 e. The maximum atomic E-state index is 13.0. The average molecular weight is 372 g/mol. The smallest absolute Gasteiger partial charge is 0.393 e. The number of hydrogen-bond donors (Lipinski definition) is 1. The quantitative estimate of drug-likeness (QED) is 0.886. The number of aliphatic carboxylic acids is 1. The Morgan fingerprint density at radius 2 is 1.96 bits per heavy atom. The minimum Gasteiger partial charge on any atom is -0.481 e. The summed E-state index contributed by atoms with van der Waals surface area (Å²) in [4.78, 5) is 10.8. The number of aryl methyl sites for hydroxylation is 1. The molecule has 1 saturated heterocycles. The zero-order valence-electron chi connectivity index (χ0n) is 11.8. The predicted molar refractivity (Wildman–Crippen MR) is 75.6 cm³/mol. The van der Waals surface area contributed by atoms with Crippen LogP contribution in [0.4, 0.5) is 13.2 Å². The van der Waals surface area contributed by atoms with Crippen LogP contribution < -0.4 is 0 Å². The van der Waals surface area contributed by atoms with Crippen molar-refractivity contribution < 1.29 is 31.5 Å². The Balaban J connectivity index is 2.42. The van der Waals surface area contributed by atoms with E-state index in [1.165, 1.54) is 19.1 Å². The highest BCUT2D eigenvalue weighted by molar-refractivity contribution is 7.89. The molecule has 1 aromatic rings. The fraction of sp³-hybridized carbons (Fsp3) is 0.462. The van der Waals surface area contributed by atoms with Gasteiger partial charge in [-0.2, -0.15) is 17.5 Å². The number of halogens is 4. The van der Waals surface area contributed by atoms with Crippen LogP contribution in [0.25, 0.3) is 0 Å². The van der Waals surface area contributed by atoms with Crippen LogP contribution in [0.1, 0.15) is 5.56 Å². The van der Waals surface area contributed by atoms with Crippen LogP contribution in [0.5, 0.6) is 0 Å². The molecule has 0 amide bonds. The highest BCUT2D eigenvalue weighted by Crippen LogP contribution is 2.40. The van der Waals surface area contributed by atoms with Gasteiger partial charge < -0.3 is 5.11 Å². The van der Waals surface area contributed by atoms with Gasteiger partial charge in [0, 0.05) is 18.1 Å². The summed E-state index contributed by atoms with van der Waals surface area (Å²) in [7, 11) is -4.27. The monoisotopic (exact) mass is 371 g/mol. The molecule has 0 aromatic heterocycles. The zero-order chi connectivity index (χ0) is 17.6. The Morgan fingerprint density at radius 3 is 2.43 bits per heavy atom. The van der Waals surface area contributed by atoms with Crippen molar-refractivity contribution in [3.05, 3.63) is 28.8 Å². The predicted octanol–water partition coefficient (Wildman–Crippen LogP) is 2.53. The van der Waals surface area contributed by atoms with Gasteiger partial charge in [0.1, 0.15) is 0 Å². The number of benzene rings is 1. The number of alkyl halides is 3. The molecule has 0 aliphatic carbocycles. The van der Waals surface area contributed by atoms with Crippen molar-refractivity contribution in [2.45, 2.75) is 18.0 Å². The van der Waals surface area contributed by atoms with E-state index >= 15 is 0 Å². The molecule has 1 aliphatic rings. The third kappa shape index (κ3) is 3.46. The van der Waals surface area contributed by atoms with Gasteiger partial charge in [0.05, 0.1) is 16.7 Å². The van der Waals surface area contributed by atoms with Crippen LogP contribution in [0.2, 0.25) is 5.02 Å². The molecule has 128 valence electrons. The lowest BCUT2D eigenvalue weighted by atomic mass is 9.96. The van der Waals surface area contributed by atoms with E-state index in [1.807, 2.05) is 0 Å². The van der Waals surface area contributed by atoms with Gasteiger partial charge in [-0.25, -0.2) is 8.42 Å². The molecule has 0 spiro atoms. The van der Waals surface area contributed by atoms with Gasteiger partial charge in [0.15, 0.2) is 0 Å². The fourth-order valence-electron chi connectivity index (χ4n) is 2.54. The second-order valence-electron chi connectivity index (χ2n) is 5.32. The molecule has 0 bridgehead atoms. The van der Waals surface area contributed by atoms with Crippen molar-refractivity contribution in [2.24, 2.45) is 11.8 Å². The lowest BCUT2D eigenvalue weighted by Crippen LogP contribution is -2.34. The van der Waals surface area contributed by atoms with Crippen molar-refractivity contribution in [1.29, 1.82) is 0 Å². The number of carbonyl (C=O) groups is 1. The molecule has 23 heavy (non-hydrogen) atoms. The highest BCUT2D eigenvalue weighted by atomic mass is 35.5. The summed E-state index contributed by atoms with van der Waals surface area (Å²) >= 11 is 5.75. The van der Waals surface area contributed by atoms with E-state index in [2.05, 4.69) is 0 Å². The first-order valence-electron chi connectivity index (χ1n) is 6.50. The Morgan fingerprint density at radius 1 is 1.35 bits per heavy atom. The van der Waals surface area contributed by atoms with Crippen LogP contribution in [0.3, 0.4) is 0 Å². The Bertz CT molecular complexity index is 735. The Hall–Kier alpha value is -1.32. The maximum absolute atomic E-state index is 13.0. The van der Waals surface area contributed by atoms with Gasteiger partial charge in [-0.05, 0) is 24.6 Å². The van der Waals surface area contributed by atoms with Crippen molar-refractivity contribution in [3.8, 4) is 0 Å². The lowest BCUT2D eigenvalue weighted by Gasteiger charge is -2.19. The van der Waals surface area contributed by atoms with E-state index in [-0.39, 0.29) is 9.92 Å². The summed E-state index contributed by atoms with van der Waals surface area (Å²) < 4.78 is 64.6. The van der Waals surface area contributed by atoms with Crippen LogP contribution in [-0.2, 0) is 14.8 Å².